The largest absolute Gasteiger partial charge is 0.325 e. The van der Waals surface area contributed by atoms with Crippen molar-refractivity contribution in [3.05, 3.63) is 35.7 Å². The Morgan fingerprint density at radius 2 is 1.96 bits per heavy atom. The van der Waals surface area contributed by atoms with Gasteiger partial charge in [0.25, 0.3) is 0 Å². The number of rotatable bonds is 5. The van der Waals surface area contributed by atoms with E-state index in [4.69, 9.17) is 0 Å². The van der Waals surface area contributed by atoms with Crippen molar-refractivity contribution in [2.24, 2.45) is 0 Å². The maximum Gasteiger partial charge on any atom is 0.237 e. The van der Waals surface area contributed by atoms with Crippen molar-refractivity contribution < 1.29 is 4.79 Å². The summed E-state index contributed by atoms with van der Waals surface area (Å²) in [6.07, 6.45) is 2.36. The molecule has 6 heteroatoms. The summed E-state index contributed by atoms with van der Waals surface area (Å²) >= 11 is 1.38. The molecule has 24 heavy (non-hydrogen) atoms. The zero-order chi connectivity index (χ0) is 17.3. The van der Waals surface area contributed by atoms with Crippen LogP contribution in [0.4, 0.5) is 5.69 Å². The van der Waals surface area contributed by atoms with Gasteiger partial charge in [-0.15, -0.1) is 5.10 Å². The van der Waals surface area contributed by atoms with Gasteiger partial charge in [-0.05, 0) is 42.9 Å². The fourth-order valence-corrected chi connectivity index (χ4v) is 3.09. The number of nitrogens with zero attached hydrogens (tertiary/aromatic N) is 2. The van der Waals surface area contributed by atoms with Crippen molar-refractivity contribution in [3.63, 3.8) is 0 Å². The first-order valence-electron chi connectivity index (χ1n) is 8.33. The van der Waals surface area contributed by atoms with Crippen molar-refractivity contribution in [2.45, 2.75) is 62.3 Å². The minimum absolute atomic E-state index is 0.0405. The molecule has 1 aromatic heterocycles. The van der Waals surface area contributed by atoms with Gasteiger partial charge in [0.05, 0.1) is 5.25 Å². The summed E-state index contributed by atoms with van der Waals surface area (Å²) in [5.74, 6) is 1.45. The molecular formula is C18H24N4OS. The highest BCUT2D eigenvalue weighted by Gasteiger charge is 2.28. The van der Waals surface area contributed by atoms with E-state index in [1.807, 2.05) is 19.1 Å². The molecule has 1 saturated carbocycles. The lowest BCUT2D eigenvalue weighted by molar-refractivity contribution is -0.115. The topological polar surface area (TPSA) is 70.7 Å². The second-order valence-corrected chi connectivity index (χ2v) is 8.66. The van der Waals surface area contributed by atoms with Crippen molar-refractivity contribution in [1.29, 1.82) is 0 Å². The summed E-state index contributed by atoms with van der Waals surface area (Å²) in [5, 5.41) is 10.5. The minimum atomic E-state index is -0.254. The highest BCUT2D eigenvalue weighted by atomic mass is 32.2. The zero-order valence-corrected chi connectivity index (χ0v) is 15.4. The molecule has 1 aromatic carbocycles. The van der Waals surface area contributed by atoms with Crippen LogP contribution in [-0.2, 0) is 10.2 Å². The third kappa shape index (κ3) is 4.17. The lowest BCUT2D eigenvalue weighted by Crippen LogP contribution is -2.22. The zero-order valence-electron chi connectivity index (χ0n) is 14.6. The van der Waals surface area contributed by atoms with Crippen molar-refractivity contribution >= 4 is 23.4 Å². The first-order valence-corrected chi connectivity index (χ1v) is 9.21. The van der Waals surface area contributed by atoms with Crippen molar-refractivity contribution in [1.82, 2.24) is 15.2 Å². The van der Waals surface area contributed by atoms with Gasteiger partial charge >= 0.3 is 0 Å². The average Bonchev–Trinajstić information content (AvgIpc) is 3.27. The van der Waals surface area contributed by atoms with E-state index < -0.39 is 0 Å². The number of nitrogens with one attached hydrogen (secondary N) is 2. The van der Waals surface area contributed by atoms with E-state index in [2.05, 4.69) is 53.4 Å². The van der Waals surface area contributed by atoms with Gasteiger partial charge in [-0.25, -0.2) is 4.98 Å². The van der Waals surface area contributed by atoms with E-state index in [-0.39, 0.29) is 16.6 Å². The summed E-state index contributed by atoms with van der Waals surface area (Å²) in [6, 6.07) is 8.02. The molecule has 1 unspecified atom stereocenters. The molecule has 1 aliphatic rings. The fourth-order valence-electron chi connectivity index (χ4n) is 2.36. The van der Waals surface area contributed by atoms with Crippen LogP contribution in [0.3, 0.4) is 0 Å². The van der Waals surface area contributed by atoms with Crippen LogP contribution in [0.2, 0.25) is 0 Å². The molecule has 1 atom stereocenters. The maximum absolute atomic E-state index is 12.4. The van der Waals surface area contributed by atoms with Crippen LogP contribution in [-0.4, -0.2) is 26.3 Å². The molecule has 2 N–H and O–H groups in total. The second kappa shape index (κ2) is 6.59. The van der Waals surface area contributed by atoms with Gasteiger partial charge in [0.2, 0.25) is 11.1 Å². The molecule has 128 valence electrons. The molecule has 0 saturated heterocycles. The highest BCUT2D eigenvalue weighted by molar-refractivity contribution is 8.00. The summed E-state index contributed by atoms with van der Waals surface area (Å²) < 4.78 is 0. The predicted molar refractivity (Wildman–Crippen MR) is 97.4 cm³/mol. The van der Waals surface area contributed by atoms with E-state index in [0.717, 1.165) is 11.5 Å². The Hall–Kier alpha value is -1.82. The van der Waals surface area contributed by atoms with Gasteiger partial charge < -0.3 is 5.32 Å². The number of H-pyrrole nitrogens is 1. The Bertz CT molecular complexity index is 713. The number of hydrogen-bond acceptors (Lipinski definition) is 4. The number of hydrogen-bond donors (Lipinski definition) is 2. The summed E-state index contributed by atoms with van der Waals surface area (Å²) in [4.78, 5) is 16.8. The normalized spacial score (nSPS) is 16.0. The smallest absolute Gasteiger partial charge is 0.237 e. The third-order valence-electron chi connectivity index (χ3n) is 4.12. The van der Waals surface area contributed by atoms with E-state index in [9.17, 15) is 4.79 Å². The Balaban J connectivity index is 1.57. The quantitative estimate of drug-likeness (QED) is 0.801. The number of amides is 1. The molecule has 0 aliphatic heterocycles. The van der Waals surface area contributed by atoms with Crippen LogP contribution in [0.5, 0.6) is 0 Å². The molecule has 2 aromatic rings. The van der Waals surface area contributed by atoms with Crippen molar-refractivity contribution in [3.8, 4) is 0 Å². The first kappa shape index (κ1) is 17.0. The number of thioether (sulfide) groups is 1. The maximum atomic E-state index is 12.4. The lowest BCUT2D eigenvalue weighted by Gasteiger charge is -2.19. The Labute approximate surface area is 147 Å². The molecule has 5 nitrogen and oxygen atoms in total. The van der Waals surface area contributed by atoms with E-state index in [1.165, 1.54) is 30.2 Å². The molecule has 0 radical (unpaired) electrons. The number of benzene rings is 1. The molecular weight excluding hydrogens is 320 g/mol. The Kier molecular flexibility index (Phi) is 4.67. The number of carbonyl (C=O) groups excluding carboxylic acids is 1. The number of anilines is 1. The van der Waals surface area contributed by atoms with E-state index in [1.54, 1.807) is 0 Å². The van der Waals surface area contributed by atoms with Gasteiger partial charge in [-0.3, -0.25) is 9.89 Å². The van der Waals surface area contributed by atoms with Crippen LogP contribution < -0.4 is 5.32 Å². The fraction of sp³-hybridized carbons (Fsp3) is 0.500. The molecule has 0 spiro atoms. The monoisotopic (exact) mass is 344 g/mol. The van der Waals surface area contributed by atoms with Crippen molar-refractivity contribution in [2.75, 3.05) is 5.32 Å². The van der Waals surface area contributed by atoms with Crippen LogP contribution in [0.15, 0.2) is 29.4 Å². The van der Waals surface area contributed by atoms with Gasteiger partial charge in [-0.1, -0.05) is 44.7 Å². The summed E-state index contributed by atoms with van der Waals surface area (Å²) in [5.41, 5.74) is 2.17. The number of aromatic amines is 1. The molecule has 0 bridgehead atoms. The Morgan fingerprint density at radius 3 is 2.54 bits per heavy atom. The van der Waals surface area contributed by atoms with Crippen LogP contribution >= 0.6 is 11.8 Å². The van der Waals surface area contributed by atoms with Gasteiger partial charge in [0.15, 0.2) is 0 Å². The van der Waals surface area contributed by atoms with Crippen LogP contribution in [0, 0.1) is 0 Å². The first-order chi connectivity index (χ1) is 11.3. The number of carbonyl (C=O) groups is 1. The average molecular weight is 344 g/mol. The molecule has 1 aliphatic carbocycles. The third-order valence-corrected chi connectivity index (χ3v) is 5.08. The highest BCUT2D eigenvalue weighted by Crippen LogP contribution is 2.38. The predicted octanol–water partition coefficient (Wildman–Crippen LogP) is 4.10. The summed E-state index contributed by atoms with van der Waals surface area (Å²) in [6.45, 7) is 8.39. The summed E-state index contributed by atoms with van der Waals surface area (Å²) in [7, 11) is 0. The van der Waals surface area contributed by atoms with E-state index >= 15 is 0 Å². The number of aromatic nitrogens is 3. The minimum Gasteiger partial charge on any atom is -0.325 e. The molecule has 1 amide bonds. The molecule has 3 rings (SSSR count). The second-order valence-electron chi connectivity index (χ2n) is 7.35. The van der Waals surface area contributed by atoms with Gasteiger partial charge in [0, 0.05) is 11.6 Å². The van der Waals surface area contributed by atoms with E-state index in [0.29, 0.717) is 11.1 Å². The molecule has 1 fully saturated rings. The van der Waals surface area contributed by atoms with Gasteiger partial charge in [-0.2, -0.15) is 0 Å². The molecule has 1 heterocycles. The van der Waals surface area contributed by atoms with Crippen LogP contribution in [0.1, 0.15) is 57.8 Å². The SMILES string of the molecule is CC(Sc1n[nH]c(C2CC2)n1)C(=O)Nc1ccc(C(C)(C)C)cc1. The van der Waals surface area contributed by atoms with Crippen LogP contribution in [0.25, 0.3) is 0 Å². The lowest BCUT2D eigenvalue weighted by atomic mass is 9.87. The van der Waals surface area contributed by atoms with Gasteiger partial charge in [0.1, 0.15) is 5.82 Å². The Morgan fingerprint density at radius 1 is 1.29 bits per heavy atom. The standard InChI is InChI=1S/C18H24N4OS/c1-11(24-17-20-15(21-22-17)12-5-6-12)16(23)19-14-9-7-13(8-10-14)18(2,3)4/h7-12H,5-6H2,1-4H3,(H,19,23)(H,20,21,22).